The van der Waals surface area contributed by atoms with Gasteiger partial charge in [0.2, 0.25) is 5.91 Å². The Morgan fingerprint density at radius 1 is 1.08 bits per heavy atom. The highest BCUT2D eigenvalue weighted by Crippen LogP contribution is 2.35. The molecular weight excluding hydrogens is 533 g/mol. The molecule has 0 bridgehead atoms. The maximum atomic E-state index is 14.3. The van der Waals surface area contributed by atoms with Gasteiger partial charge in [0.25, 0.3) is 0 Å². The Hall–Kier alpha value is -3.76. The van der Waals surface area contributed by atoms with Crippen molar-refractivity contribution in [3.05, 3.63) is 81.3 Å². The van der Waals surface area contributed by atoms with Gasteiger partial charge in [-0.15, -0.1) is 23.7 Å². The third-order valence-corrected chi connectivity index (χ3v) is 7.29. The molecule has 5 N–H and O–H groups in total. The second-order valence-corrected chi connectivity index (χ2v) is 9.77. The van der Waals surface area contributed by atoms with E-state index in [9.17, 15) is 18.8 Å². The van der Waals surface area contributed by atoms with Gasteiger partial charge in [0.15, 0.2) is 11.6 Å². The van der Waals surface area contributed by atoms with Gasteiger partial charge in [-0.1, -0.05) is 26.0 Å². The number of amides is 1. The first kappa shape index (κ1) is 30.5. The number of halogens is 2. The highest BCUT2D eigenvalue weighted by atomic mass is 35.5. The van der Waals surface area contributed by atoms with Crippen molar-refractivity contribution < 1.29 is 28.6 Å². The van der Waals surface area contributed by atoms with Crippen molar-refractivity contribution in [2.75, 3.05) is 5.32 Å². The summed E-state index contributed by atoms with van der Waals surface area (Å²) >= 11 is 1.18. The number of hydrogen-bond donors (Lipinski definition) is 4. The molecule has 1 amide bonds. The summed E-state index contributed by atoms with van der Waals surface area (Å²) in [5.74, 6) is -3.20. The number of carboxylic acids is 1. The Bertz CT molecular complexity index is 1320. The number of nitrogens with one attached hydrogen (secondary N) is 2. The maximum Gasteiger partial charge on any atom is 0.353 e. The molecule has 0 atom stereocenters. The average Bonchev–Trinajstić information content (AvgIpc) is 3.33. The highest BCUT2D eigenvalue weighted by molar-refractivity contribution is 7.14. The van der Waals surface area contributed by atoms with E-state index in [0.717, 1.165) is 10.9 Å². The smallest absolute Gasteiger partial charge is 0.353 e. The van der Waals surface area contributed by atoms with Gasteiger partial charge in [-0.05, 0) is 67.3 Å². The Balaban J connectivity index is 0.00000507. The van der Waals surface area contributed by atoms with Crippen molar-refractivity contribution in [3.8, 4) is 5.75 Å². The molecule has 0 aliphatic rings. The molecule has 202 valence electrons. The van der Waals surface area contributed by atoms with Crippen molar-refractivity contribution in [1.29, 1.82) is 5.41 Å². The SMILES string of the molecule is CCC(CC)(Cc1ccc(C(=O)Oc2ccc(C(=N)N)cc2F)s1)C(=O)Nc1ccc(CC(=O)O)cc1.Cl. The second kappa shape index (κ2) is 13.2. The van der Waals surface area contributed by atoms with Crippen molar-refractivity contribution in [1.82, 2.24) is 0 Å². The summed E-state index contributed by atoms with van der Waals surface area (Å²) in [6, 6.07) is 13.7. The Labute approximate surface area is 229 Å². The van der Waals surface area contributed by atoms with Gasteiger partial charge < -0.3 is 20.9 Å². The summed E-state index contributed by atoms with van der Waals surface area (Å²) in [6.45, 7) is 3.85. The zero-order valence-electron chi connectivity index (χ0n) is 20.9. The molecule has 0 saturated carbocycles. The van der Waals surface area contributed by atoms with E-state index < -0.39 is 23.2 Å². The van der Waals surface area contributed by atoms with Crippen LogP contribution in [0.5, 0.6) is 5.75 Å². The number of carbonyl (C=O) groups excluding carboxylic acids is 2. The number of amidine groups is 1. The van der Waals surface area contributed by atoms with Gasteiger partial charge in [-0.2, -0.15) is 0 Å². The van der Waals surface area contributed by atoms with Crippen LogP contribution in [0.15, 0.2) is 54.6 Å². The molecule has 1 heterocycles. The zero-order chi connectivity index (χ0) is 27.2. The number of nitrogens with two attached hydrogens (primary N) is 1. The number of carbonyl (C=O) groups is 3. The zero-order valence-corrected chi connectivity index (χ0v) is 22.5. The lowest BCUT2D eigenvalue weighted by Gasteiger charge is -2.30. The van der Waals surface area contributed by atoms with E-state index in [1.807, 2.05) is 13.8 Å². The Kier molecular flexibility index (Phi) is 10.5. The number of benzene rings is 2. The predicted octanol–water partition coefficient (Wildman–Crippen LogP) is 5.43. The first-order valence-electron chi connectivity index (χ1n) is 11.6. The molecule has 0 aliphatic heterocycles. The molecule has 0 radical (unpaired) electrons. The Morgan fingerprint density at radius 2 is 1.74 bits per heavy atom. The summed E-state index contributed by atoms with van der Waals surface area (Å²) in [6.07, 6.45) is 1.40. The van der Waals surface area contributed by atoms with Crippen LogP contribution < -0.4 is 15.8 Å². The molecular formula is C27H29ClFN3O5S. The van der Waals surface area contributed by atoms with Gasteiger partial charge >= 0.3 is 11.9 Å². The maximum absolute atomic E-state index is 14.3. The summed E-state index contributed by atoms with van der Waals surface area (Å²) < 4.78 is 19.4. The van der Waals surface area contributed by atoms with E-state index in [0.29, 0.717) is 30.5 Å². The van der Waals surface area contributed by atoms with Crippen molar-refractivity contribution in [3.63, 3.8) is 0 Å². The minimum Gasteiger partial charge on any atom is -0.481 e. The Morgan fingerprint density at radius 3 is 2.29 bits per heavy atom. The molecule has 0 aliphatic carbocycles. The summed E-state index contributed by atoms with van der Waals surface area (Å²) in [5.41, 5.74) is 6.00. The summed E-state index contributed by atoms with van der Waals surface area (Å²) in [5, 5.41) is 19.2. The second-order valence-electron chi connectivity index (χ2n) is 8.60. The molecule has 0 fully saturated rings. The molecule has 1 aromatic heterocycles. The number of anilines is 1. The molecule has 0 spiro atoms. The number of esters is 1. The molecule has 8 nitrogen and oxygen atoms in total. The minimum atomic E-state index is -0.928. The van der Waals surface area contributed by atoms with Gasteiger partial charge in [0, 0.05) is 16.1 Å². The van der Waals surface area contributed by atoms with Crippen LogP contribution in [0.1, 0.15) is 52.4 Å². The fourth-order valence-corrected chi connectivity index (χ4v) is 4.89. The van der Waals surface area contributed by atoms with Crippen LogP contribution in [0, 0.1) is 16.6 Å². The average molecular weight is 562 g/mol. The molecule has 0 unspecified atom stereocenters. The lowest BCUT2D eigenvalue weighted by Crippen LogP contribution is -2.37. The van der Waals surface area contributed by atoms with E-state index in [1.165, 1.54) is 23.5 Å². The largest absolute Gasteiger partial charge is 0.481 e. The van der Waals surface area contributed by atoms with Crippen LogP contribution >= 0.6 is 23.7 Å². The summed E-state index contributed by atoms with van der Waals surface area (Å²) in [4.78, 5) is 37.9. The molecule has 38 heavy (non-hydrogen) atoms. The van der Waals surface area contributed by atoms with Gasteiger partial charge in [-0.3, -0.25) is 15.0 Å². The predicted molar refractivity (Wildman–Crippen MR) is 147 cm³/mol. The van der Waals surface area contributed by atoms with Crippen LogP contribution in [0.2, 0.25) is 0 Å². The topological polar surface area (TPSA) is 143 Å². The van der Waals surface area contributed by atoms with Crippen LogP contribution in [-0.4, -0.2) is 28.8 Å². The van der Waals surface area contributed by atoms with Crippen LogP contribution in [0.3, 0.4) is 0 Å². The molecule has 2 aromatic carbocycles. The van der Waals surface area contributed by atoms with Gasteiger partial charge in [-0.25, -0.2) is 9.18 Å². The standard InChI is InChI=1S/C27H28FN3O5S.ClH/c1-3-27(4-2,26(35)31-18-8-5-16(6-9-18)13-23(32)33)15-19-10-12-22(37-19)25(34)36-21-11-7-17(24(29)30)14-20(21)28;/h5-12,14H,3-4,13,15H2,1-2H3,(H3,29,30)(H,31,35)(H,32,33);1H. The lowest BCUT2D eigenvalue weighted by atomic mass is 9.77. The molecule has 3 aromatic rings. The van der Waals surface area contributed by atoms with E-state index in [-0.39, 0.29) is 46.8 Å². The van der Waals surface area contributed by atoms with Crippen molar-refractivity contribution >= 4 is 53.1 Å². The number of thiophene rings is 1. The fraction of sp³-hybridized carbons (Fsp3) is 0.259. The van der Waals surface area contributed by atoms with E-state index in [2.05, 4.69) is 5.32 Å². The number of nitrogen functional groups attached to an aromatic ring is 1. The van der Waals surface area contributed by atoms with Crippen molar-refractivity contribution in [2.24, 2.45) is 11.1 Å². The first-order valence-corrected chi connectivity index (χ1v) is 12.5. The van der Waals surface area contributed by atoms with E-state index >= 15 is 0 Å². The normalized spacial score (nSPS) is 10.8. The van der Waals surface area contributed by atoms with E-state index in [4.69, 9.17) is 21.0 Å². The third-order valence-electron chi connectivity index (χ3n) is 6.22. The quantitative estimate of drug-likeness (QED) is 0.106. The molecule has 0 saturated heterocycles. The van der Waals surface area contributed by atoms with Gasteiger partial charge in [0.05, 0.1) is 11.8 Å². The van der Waals surface area contributed by atoms with Gasteiger partial charge in [0.1, 0.15) is 10.7 Å². The minimum absolute atomic E-state index is 0. The van der Waals surface area contributed by atoms with Crippen LogP contribution in [-0.2, 0) is 22.4 Å². The fourth-order valence-electron chi connectivity index (χ4n) is 3.86. The monoisotopic (exact) mass is 561 g/mol. The number of hydrogen-bond acceptors (Lipinski definition) is 6. The van der Waals surface area contributed by atoms with E-state index in [1.54, 1.807) is 36.4 Å². The third kappa shape index (κ3) is 7.39. The number of aliphatic carboxylic acids is 1. The first-order chi connectivity index (χ1) is 17.6. The number of rotatable bonds is 11. The van der Waals surface area contributed by atoms with Crippen LogP contribution in [0.25, 0.3) is 0 Å². The molecule has 3 rings (SSSR count). The summed E-state index contributed by atoms with van der Waals surface area (Å²) in [7, 11) is 0. The highest BCUT2D eigenvalue weighted by Gasteiger charge is 2.36. The lowest BCUT2D eigenvalue weighted by molar-refractivity contribution is -0.136. The molecule has 11 heteroatoms. The van der Waals surface area contributed by atoms with Crippen molar-refractivity contribution in [2.45, 2.75) is 39.5 Å². The number of carboxylic acid groups (broad SMARTS) is 1. The number of ether oxygens (including phenoxy) is 1. The van der Waals surface area contributed by atoms with Crippen LogP contribution in [0.4, 0.5) is 10.1 Å².